The van der Waals surface area contributed by atoms with Crippen molar-refractivity contribution < 1.29 is 22.3 Å². The van der Waals surface area contributed by atoms with Crippen molar-refractivity contribution in [3.8, 4) is 11.8 Å². The van der Waals surface area contributed by atoms with Crippen LogP contribution in [0.2, 0.25) is 0 Å². The number of rotatable bonds is 4. The van der Waals surface area contributed by atoms with Crippen LogP contribution in [0.4, 0.5) is 4.39 Å². The van der Waals surface area contributed by atoms with E-state index in [1.54, 1.807) is 18.2 Å². The summed E-state index contributed by atoms with van der Waals surface area (Å²) in [5.74, 6) is 4.53. The highest BCUT2D eigenvalue weighted by molar-refractivity contribution is 7.89. The highest BCUT2D eigenvalue weighted by Gasteiger charge is 2.26. The van der Waals surface area contributed by atoms with Gasteiger partial charge in [0.05, 0.1) is 30.2 Å². The van der Waals surface area contributed by atoms with Gasteiger partial charge in [0.2, 0.25) is 10.0 Å². The van der Waals surface area contributed by atoms with Crippen molar-refractivity contribution in [1.82, 2.24) is 9.62 Å². The van der Waals surface area contributed by atoms with Crippen LogP contribution in [0.1, 0.15) is 15.9 Å². The summed E-state index contributed by atoms with van der Waals surface area (Å²) >= 11 is 0. The highest BCUT2D eigenvalue weighted by Crippen LogP contribution is 2.17. The molecule has 0 saturated carbocycles. The van der Waals surface area contributed by atoms with Gasteiger partial charge in [0.25, 0.3) is 5.91 Å². The molecule has 0 aromatic heterocycles. The lowest BCUT2D eigenvalue weighted by atomic mass is 10.2. The zero-order valence-corrected chi connectivity index (χ0v) is 15.8. The van der Waals surface area contributed by atoms with Gasteiger partial charge in [-0.25, -0.2) is 12.8 Å². The minimum atomic E-state index is -3.60. The van der Waals surface area contributed by atoms with Gasteiger partial charge in [-0.05, 0) is 36.4 Å². The summed E-state index contributed by atoms with van der Waals surface area (Å²) in [6.45, 7) is 1.40. The molecular weight excluding hydrogens is 383 g/mol. The number of hydrogen-bond donors (Lipinski definition) is 1. The van der Waals surface area contributed by atoms with Gasteiger partial charge in [0.1, 0.15) is 5.82 Å². The second-order valence-corrected chi connectivity index (χ2v) is 7.94. The quantitative estimate of drug-likeness (QED) is 0.789. The predicted octanol–water partition coefficient (Wildman–Crippen LogP) is 1.63. The van der Waals surface area contributed by atoms with Gasteiger partial charge in [-0.2, -0.15) is 4.31 Å². The Kier molecular flexibility index (Phi) is 6.41. The van der Waals surface area contributed by atoms with E-state index in [0.717, 1.165) is 0 Å². The smallest absolute Gasteiger partial charge is 0.252 e. The molecule has 0 unspecified atom stereocenters. The van der Waals surface area contributed by atoms with Crippen LogP contribution in [0.5, 0.6) is 0 Å². The van der Waals surface area contributed by atoms with Gasteiger partial charge in [-0.15, -0.1) is 0 Å². The first kappa shape index (κ1) is 20.0. The van der Waals surface area contributed by atoms with E-state index in [-0.39, 0.29) is 17.0 Å². The van der Waals surface area contributed by atoms with Crippen molar-refractivity contribution in [3.63, 3.8) is 0 Å². The number of amides is 1. The van der Waals surface area contributed by atoms with Crippen LogP contribution in [0, 0.1) is 17.7 Å². The Morgan fingerprint density at radius 3 is 2.46 bits per heavy atom. The molecule has 2 aromatic carbocycles. The molecule has 28 heavy (non-hydrogen) atoms. The maximum absolute atomic E-state index is 13.5. The fraction of sp³-hybridized carbons (Fsp3) is 0.250. The molecule has 1 fully saturated rings. The second kappa shape index (κ2) is 8.97. The molecule has 0 atom stereocenters. The predicted molar refractivity (Wildman–Crippen MR) is 102 cm³/mol. The van der Waals surface area contributed by atoms with Crippen molar-refractivity contribution in [3.05, 3.63) is 65.5 Å². The fourth-order valence-corrected chi connectivity index (χ4v) is 4.05. The average Bonchev–Trinajstić information content (AvgIpc) is 2.73. The normalized spacial score (nSPS) is 14.8. The first-order valence-electron chi connectivity index (χ1n) is 8.68. The Morgan fingerprint density at radius 2 is 1.79 bits per heavy atom. The molecule has 1 aliphatic heterocycles. The van der Waals surface area contributed by atoms with E-state index >= 15 is 0 Å². The van der Waals surface area contributed by atoms with Gasteiger partial charge in [-0.1, -0.05) is 24.0 Å². The highest BCUT2D eigenvalue weighted by atomic mass is 32.2. The zero-order chi connectivity index (χ0) is 20.0. The topological polar surface area (TPSA) is 75.7 Å². The summed E-state index contributed by atoms with van der Waals surface area (Å²) in [5, 5.41) is 2.60. The molecule has 1 aliphatic rings. The average molecular weight is 402 g/mol. The SMILES string of the molecule is O=C(NCC#Cc1ccccc1F)c1ccc(S(=O)(=O)N2CCOCC2)cc1. The molecular formula is C20H19FN2O4S. The molecule has 8 heteroatoms. The van der Waals surface area contributed by atoms with Crippen LogP contribution in [-0.4, -0.2) is 51.5 Å². The molecule has 146 valence electrons. The van der Waals surface area contributed by atoms with Crippen molar-refractivity contribution in [2.75, 3.05) is 32.8 Å². The number of nitrogens with one attached hydrogen (secondary N) is 1. The number of carbonyl (C=O) groups excluding carboxylic acids is 1. The largest absolute Gasteiger partial charge is 0.379 e. The molecule has 1 heterocycles. The molecule has 1 saturated heterocycles. The summed E-state index contributed by atoms with van der Waals surface area (Å²) in [7, 11) is -3.60. The number of benzene rings is 2. The molecule has 1 amide bonds. The number of ether oxygens (including phenoxy) is 1. The summed E-state index contributed by atoms with van der Waals surface area (Å²) in [5.41, 5.74) is 0.572. The minimum Gasteiger partial charge on any atom is -0.379 e. The molecule has 3 rings (SSSR count). The summed E-state index contributed by atoms with van der Waals surface area (Å²) in [4.78, 5) is 12.3. The first-order chi connectivity index (χ1) is 13.5. The van der Waals surface area contributed by atoms with E-state index in [4.69, 9.17) is 4.74 Å². The van der Waals surface area contributed by atoms with Crippen LogP contribution < -0.4 is 5.32 Å². The number of nitrogens with zero attached hydrogens (tertiary/aromatic N) is 1. The third kappa shape index (κ3) is 4.75. The van der Waals surface area contributed by atoms with Crippen LogP contribution in [0.15, 0.2) is 53.4 Å². The monoisotopic (exact) mass is 402 g/mol. The first-order valence-corrected chi connectivity index (χ1v) is 10.1. The van der Waals surface area contributed by atoms with Crippen molar-refractivity contribution in [2.24, 2.45) is 0 Å². The molecule has 1 N–H and O–H groups in total. The van der Waals surface area contributed by atoms with Crippen LogP contribution in [-0.2, 0) is 14.8 Å². The Hall–Kier alpha value is -2.73. The van der Waals surface area contributed by atoms with E-state index in [1.165, 1.54) is 34.6 Å². The third-order valence-electron chi connectivity index (χ3n) is 4.16. The Labute approximate surface area is 163 Å². The van der Waals surface area contributed by atoms with E-state index in [9.17, 15) is 17.6 Å². The standard InChI is InChI=1S/C20H19FN2O4S/c21-19-6-2-1-4-16(19)5-3-11-22-20(24)17-7-9-18(10-8-17)28(25,26)23-12-14-27-15-13-23/h1-2,4,6-10H,11-15H2,(H,22,24). The van der Waals surface area contributed by atoms with E-state index in [0.29, 0.717) is 31.9 Å². The summed E-state index contributed by atoms with van der Waals surface area (Å²) in [6.07, 6.45) is 0. The van der Waals surface area contributed by atoms with Gasteiger partial charge in [0.15, 0.2) is 0 Å². The van der Waals surface area contributed by atoms with E-state index < -0.39 is 21.7 Å². The van der Waals surface area contributed by atoms with Crippen LogP contribution >= 0.6 is 0 Å². The molecule has 6 nitrogen and oxygen atoms in total. The van der Waals surface area contributed by atoms with Crippen molar-refractivity contribution in [1.29, 1.82) is 0 Å². The third-order valence-corrected chi connectivity index (χ3v) is 6.07. The number of sulfonamides is 1. The summed E-state index contributed by atoms with van der Waals surface area (Å²) in [6, 6.07) is 11.8. The number of carbonyl (C=O) groups is 1. The lowest BCUT2D eigenvalue weighted by Gasteiger charge is -2.26. The Morgan fingerprint density at radius 1 is 1.11 bits per heavy atom. The van der Waals surface area contributed by atoms with Gasteiger partial charge in [-0.3, -0.25) is 4.79 Å². The molecule has 2 aromatic rings. The lowest BCUT2D eigenvalue weighted by molar-refractivity contribution is 0.0730. The van der Waals surface area contributed by atoms with Crippen molar-refractivity contribution >= 4 is 15.9 Å². The fourth-order valence-electron chi connectivity index (χ4n) is 2.64. The van der Waals surface area contributed by atoms with E-state index in [1.807, 2.05) is 0 Å². The molecule has 0 radical (unpaired) electrons. The zero-order valence-electron chi connectivity index (χ0n) is 15.0. The molecule has 0 spiro atoms. The number of morpholine rings is 1. The Balaban J connectivity index is 1.60. The lowest BCUT2D eigenvalue weighted by Crippen LogP contribution is -2.40. The number of hydrogen-bond acceptors (Lipinski definition) is 4. The molecule has 0 aliphatic carbocycles. The molecule has 0 bridgehead atoms. The summed E-state index contributed by atoms with van der Waals surface area (Å²) < 4.78 is 45.1. The second-order valence-electron chi connectivity index (χ2n) is 6.01. The van der Waals surface area contributed by atoms with Gasteiger partial charge >= 0.3 is 0 Å². The van der Waals surface area contributed by atoms with Crippen molar-refractivity contribution in [2.45, 2.75) is 4.90 Å². The maximum atomic E-state index is 13.5. The van der Waals surface area contributed by atoms with Crippen LogP contribution in [0.3, 0.4) is 0 Å². The minimum absolute atomic E-state index is 0.0427. The Bertz CT molecular complexity index is 1000. The van der Waals surface area contributed by atoms with Crippen LogP contribution in [0.25, 0.3) is 0 Å². The van der Waals surface area contributed by atoms with Gasteiger partial charge < -0.3 is 10.1 Å². The maximum Gasteiger partial charge on any atom is 0.252 e. The van der Waals surface area contributed by atoms with Gasteiger partial charge in [0, 0.05) is 18.7 Å². The van der Waals surface area contributed by atoms with E-state index in [2.05, 4.69) is 17.2 Å². The number of halogens is 1.